The molecule has 0 saturated heterocycles. The zero-order valence-corrected chi connectivity index (χ0v) is 42.7. The first-order valence-corrected chi connectivity index (χ1v) is 27.4. The Bertz CT molecular complexity index is 1230. The van der Waals surface area contributed by atoms with Gasteiger partial charge in [0.25, 0.3) is 0 Å². The number of hydrogen-bond donors (Lipinski definition) is 0. The van der Waals surface area contributed by atoms with Crippen molar-refractivity contribution in [3.8, 4) is 0 Å². The molecule has 6 heteroatoms. The van der Waals surface area contributed by atoms with Crippen molar-refractivity contribution in [2.45, 2.75) is 271 Å². The van der Waals surface area contributed by atoms with Gasteiger partial charge in [-0.05, 0) is 109 Å². The van der Waals surface area contributed by atoms with Gasteiger partial charge in [0.1, 0.15) is 13.2 Å². The summed E-state index contributed by atoms with van der Waals surface area (Å²) in [5.41, 5.74) is 0. The molecule has 0 aromatic carbocycles. The highest BCUT2D eigenvalue weighted by Gasteiger charge is 2.19. The maximum atomic E-state index is 12.8. The van der Waals surface area contributed by atoms with Gasteiger partial charge in [-0.25, -0.2) is 0 Å². The maximum Gasteiger partial charge on any atom is 0.306 e. The number of carbonyl (C=O) groups excluding carboxylic acids is 3. The Balaban J connectivity index is 4.42. The Morgan fingerprint density at radius 2 is 0.600 bits per heavy atom. The number of allylic oxidation sites excluding steroid dienone is 12. The average Bonchev–Trinajstić information content (AvgIpc) is 3.30. The van der Waals surface area contributed by atoms with Crippen molar-refractivity contribution in [1.82, 2.24) is 0 Å². The van der Waals surface area contributed by atoms with Crippen LogP contribution in [0.15, 0.2) is 72.9 Å². The van der Waals surface area contributed by atoms with Crippen molar-refractivity contribution in [3.63, 3.8) is 0 Å². The van der Waals surface area contributed by atoms with Gasteiger partial charge in [0.15, 0.2) is 6.10 Å². The second-order valence-corrected chi connectivity index (χ2v) is 18.1. The molecular weight excluding hydrogens is 805 g/mol. The fourth-order valence-electron chi connectivity index (χ4n) is 7.54. The molecule has 65 heavy (non-hydrogen) atoms. The van der Waals surface area contributed by atoms with E-state index in [2.05, 4.69) is 93.7 Å². The first-order valence-electron chi connectivity index (χ1n) is 27.4. The highest BCUT2D eigenvalue weighted by molar-refractivity contribution is 5.71. The molecule has 0 spiro atoms. The number of ether oxygens (including phenoxy) is 3. The second kappa shape index (κ2) is 53.5. The summed E-state index contributed by atoms with van der Waals surface area (Å²) in [6, 6.07) is 0. The van der Waals surface area contributed by atoms with Crippen molar-refractivity contribution < 1.29 is 28.6 Å². The van der Waals surface area contributed by atoms with Gasteiger partial charge in [-0.1, -0.05) is 209 Å². The van der Waals surface area contributed by atoms with Crippen molar-refractivity contribution in [3.05, 3.63) is 72.9 Å². The van der Waals surface area contributed by atoms with Crippen LogP contribution in [0.25, 0.3) is 0 Å². The van der Waals surface area contributed by atoms with Gasteiger partial charge < -0.3 is 14.2 Å². The molecule has 0 N–H and O–H groups in total. The van der Waals surface area contributed by atoms with Crippen LogP contribution in [0, 0.1) is 0 Å². The normalized spacial score (nSPS) is 12.6. The first-order chi connectivity index (χ1) is 32.0. The predicted octanol–water partition coefficient (Wildman–Crippen LogP) is 18.2. The van der Waals surface area contributed by atoms with Crippen LogP contribution in [-0.4, -0.2) is 37.2 Å². The Kier molecular flexibility index (Phi) is 50.9. The summed E-state index contributed by atoms with van der Waals surface area (Å²) in [7, 11) is 0. The Morgan fingerprint density at radius 1 is 0.323 bits per heavy atom. The van der Waals surface area contributed by atoms with Crippen LogP contribution in [0.1, 0.15) is 265 Å². The summed E-state index contributed by atoms with van der Waals surface area (Å²) in [6.07, 6.45) is 67.4. The maximum absolute atomic E-state index is 12.8. The molecule has 0 bridgehead atoms. The van der Waals surface area contributed by atoms with E-state index in [1.165, 1.54) is 116 Å². The number of carbonyl (C=O) groups is 3. The Morgan fingerprint density at radius 3 is 0.985 bits per heavy atom. The van der Waals surface area contributed by atoms with Crippen LogP contribution in [0.5, 0.6) is 0 Å². The molecule has 1 unspecified atom stereocenters. The van der Waals surface area contributed by atoms with Gasteiger partial charge in [-0.15, -0.1) is 0 Å². The lowest BCUT2D eigenvalue weighted by Crippen LogP contribution is -2.30. The summed E-state index contributed by atoms with van der Waals surface area (Å²) in [5.74, 6) is -0.937. The number of unbranched alkanes of at least 4 members (excludes halogenated alkanes) is 26. The monoisotopic (exact) mass is 907 g/mol. The third-order valence-corrected chi connectivity index (χ3v) is 11.7. The molecule has 0 saturated carbocycles. The minimum Gasteiger partial charge on any atom is -0.462 e. The predicted molar refractivity (Wildman–Crippen MR) is 279 cm³/mol. The van der Waals surface area contributed by atoms with Crippen LogP contribution in [0.3, 0.4) is 0 Å². The number of esters is 3. The highest BCUT2D eigenvalue weighted by Crippen LogP contribution is 2.14. The van der Waals surface area contributed by atoms with E-state index in [-0.39, 0.29) is 31.1 Å². The van der Waals surface area contributed by atoms with E-state index in [0.29, 0.717) is 19.3 Å². The van der Waals surface area contributed by atoms with Crippen LogP contribution < -0.4 is 0 Å². The van der Waals surface area contributed by atoms with Gasteiger partial charge >= 0.3 is 17.9 Å². The van der Waals surface area contributed by atoms with Gasteiger partial charge in [-0.3, -0.25) is 14.4 Å². The van der Waals surface area contributed by atoms with Gasteiger partial charge in [0.05, 0.1) is 0 Å². The SMILES string of the molecule is CC/C=C\C/C=C\C/C=C\CCCCCC(=O)OCC(COC(=O)CCCCCCCCC/C=C\CCCCCCCCC)OC(=O)CCCCCCC/C=C\C/C=C\CCCCCC. The molecule has 0 amide bonds. The van der Waals surface area contributed by atoms with Crippen molar-refractivity contribution >= 4 is 17.9 Å². The minimum absolute atomic E-state index is 0.0927. The van der Waals surface area contributed by atoms with E-state index >= 15 is 0 Å². The van der Waals surface area contributed by atoms with Crippen LogP contribution >= 0.6 is 0 Å². The van der Waals surface area contributed by atoms with Gasteiger partial charge in [0, 0.05) is 19.3 Å². The molecule has 0 fully saturated rings. The van der Waals surface area contributed by atoms with E-state index in [0.717, 1.165) is 109 Å². The molecule has 0 rings (SSSR count). The summed E-state index contributed by atoms with van der Waals surface area (Å²) in [6.45, 7) is 6.47. The number of rotatable bonds is 49. The fourth-order valence-corrected chi connectivity index (χ4v) is 7.54. The van der Waals surface area contributed by atoms with Crippen LogP contribution in [-0.2, 0) is 28.6 Å². The Hall–Kier alpha value is -3.15. The molecule has 0 aliphatic carbocycles. The van der Waals surface area contributed by atoms with Crippen molar-refractivity contribution in [1.29, 1.82) is 0 Å². The molecule has 0 aromatic rings. The lowest BCUT2D eigenvalue weighted by Gasteiger charge is -2.18. The lowest BCUT2D eigenvalue weighted by molar-refractivity contribution is -0.167. The molecule has 6 nitrogen and oxygen atoms in total. The first kappa shape index (κ1) is 61.9. The molecule has 1 atom stereocenters. The highest BCUT2D eigenvalue weighted by atomic mass is 16.6. The standard InChI is InChI=1S/C59H102O6/c1-4-7-10-13-16-19-22-25-27-29-30-32-34-37-40-43-46-49-52-58(61)64-55-56(54-63-57(60)51-48-45-42-39-36-33-24-21-18-15-12-9-6-3)65-59(62)53-50-47-44-41-38-35-31-28-26-23-20-17-14-11-8-5-2/h9,12,18,20-21,23,27-29,31,33,36,56H,4-8,10-11,13-17,19,22,24-26,30,32,34-35,37-55H2,1-3H3/b12-9-,21-18-,23-20-,29-27-,31-28-,36-33-. The molecule has 0 aliphatic rings. The average molecular weight is 907 g/mol. The molecule has 0 heterocycles. The largest absolute Gasteiger partial charge is 0.462 e. The summed E-state index contributed by atoms with van der Waals surface area (Å²) in [4.78, 5) is 38.1. The van der Waals surface area contributed by atoms with Crippen LogP contribution in [0.4, 0.5) is 0 Å². The van der Waals surface area contributed by atoms with E-state index in [9.17, 15) is 14.4 Å². The van der Waals surface area contributed by atoms with E-state index < -0.39 is 6.10 Å². The van der Waals surface area contributed by atoms with Gasteiger partial charge in [-0.2, -0.15) is 0 Å². The molecule has 374 valence electrons. The fraction of sp³-hybridized carbons (Fsp3) is 0.746. The minimum atomic E-state index is -0.796. The van der Waals surface area contributed by atoms with Crippen LogP contribution in [0.2, 0.25) is 0 Å². The summed E-state index contributed by atoms with van der Waals surface area (Å²) in [5, 5.41) is 0. The zero-order chi connectivity index (χ0) is 47.2. The van der Waals surface area contributed by atoms with E-state index in [1.807, 2.05) is 0 Å². The van der Waals surface area contributed by atoms with Gasteiger partial charge in [0.2, 0.25) is 0 Å². The lowest BCUT2D eigenvalue weighted by atomic mass is 10.1. The van der Waals surface area contributed by atoms with E-state index in [1.54, 1.807) is 0 Å². The van der Waals surface area contributed by atoms with Crippen molar-refractivity contribution in [2.75, 3.05) is 13.2 Å². The summed E-state index contributed by atoms with van der Waals surface area (Å²) >= 11 is 0. The second-order valence-electron chi connectivity index (χ2n) is 18.1. The number of hydrogen-bond acceptors (Lipinski definition) is 6. The summed E-state index contributed by atoms with van der Waals surface area (Å²) < 4.78 is 16.8. The third-order valence-electron chi connectivity index (χ3n) is 11.7. The van der Waals surface area contributed by atoms with E-state index in [4.69, 9.17) is 14.2 Å². The zero-order valence-electron chi connectivity index (χ0n) is 42.7. The topological polar surface area (TPSA) is 78.9 Å². The molecule has 0 aliphatic heterocycles. The Labute approximate surface area is 402 Å². The quantitative estimate of drug-likeness (QED) is 0.0262. The molecular formula is C59H102O6. The smallest absolute Gasteiger partial charge is 0.306 e. The van der Waals surface area contributed by atoms with Crippen molar-refractivity contribution in [2.24, 2.45) is 0 Å². The molecule has 0 aromatic heterocycles. The third kappa shape index (κ3) is 51.7. The molecule has 0 radical (unpaired) electrons.